The van der Waals surface area contributed by atoms with Crippen LogP contribution in [0.15, 0.2) is 0 Å². The van der Waals surface area contributed by atoms with Crippen LogP contribution in [-0.2, 0) is 4.79 Å². The Morgan fingerprint density at radius 1 is 1.20 bits per heavy atom. The Labute approximate surface area is 126 Å². The van der Waals surface area contributed by atoms with Gasteiger partial charge in [-0.2, -0.15) is 11.8 Å². The van der Waals surface area contributed by atoms with Crippen molar-refractivity contribution in [1.29, 1.82) is 0 Å². The molecule has 3 aliphatic heterocycles. The van der Waals surface area contributed by atoms with E-state index < -0.39 is 0 Å². The molecule has 0 spiro atoms. The molecule has 2 atom stereocenters. The fourth-order valence-electron chi connectivity index (χ4n) is 3.64. The van der Waals surface area contributed by atoms with Crippen LogP contribution >= 0.6 is 11.8 Å². The number of thioether (sulfide) groups is 1. The van der Waals surface area contributed by atoms with E-state index in [0.29, 0.717) is 24.4 Å². The zero-order chi connectivity index (χ0) is 13.8. The van der Waals surface area contributed by atoms with E-state index in [0.717, 1.165) is 25.4 Å². The lowest BCUT2D eigenvalue weighted by Gasteiger charge is -2.32. The molecule has 3 rings (SSSR count). The third kappa shape index (κ3) is 3.68. The molecule has 0 aliphatic carbocycles. The van der Waals surface area contributed by atoms with E-state index in [2.05, 4.69) is 15.1 Å². The fourth-order valence-corrected chi connectivity index (χ4v) is 4.59. The predicted octanol–water partition coefficient (Wildman–Crippen LogP) is 1.17. The molecule has 0 aromatic carbocycles. The van der Waals surface area contributed by atoms with Crippen molar-refractivity contribution < 1.29 is 4.79 Å². The van der Waals surface area contributed by atoms with Crippen LogP contribution in [0.1, 0.15) is 32.1 Å². The largest absolute Gasteiger partial charge is 0.341 e. The summed E-state index contributed by atoms with van der Waals surface area (Å²) in [7, 11) is 0. The summed E-state index contributed by atoms with van der Waals surface area (Å²) in [5.41, 5.74) is 0. The second kappa shape index (κ2) is 7.14. The molecule has 0 aromatic rings. The molecule has 0 bridgehead atoms. The number of piperidine rings is 1. The third-order valence-electron chi connectivity index (χ3n) is 4.84. The van der Waals surface area contributed by atoms with Gasteiger partial charge in [0.05, 0.1) is 0 Å². The van der Waals surface area contributed by atoms with Crippen molar-refractivity contribution in [3.05, 3.63) is 0 Å². The quantitative estimate of drug-likeness (QED) is 0.848. The van der Waals surface area contributed by atoms with E-state index >= 15 is 0 Å². The number of amides is 1. The Morgan fingerprint density at radius 3 is 2.80 bits per heavy atom. The minimum absolute atomic E-state index is 0.365. The van der Waals surface area contributed by atoms with Crippen molar-refractivity contribution in [3.63, 3.8) is 0 Å². The van der Waals surface area contributed by atoms with Gasteiger partial charge in [0.15, 0.2) is 0 Å². The monoisotopic (exact) mass is 297 g/mol. The summed E-state index contributed by atoms with van der Waals surface area (Å²) in [6.45, 7) is 5.48. The number of rotatable bonds is 3. The molecular weight excluding hydrogens is 270 g/mol. The van der Waals surface area contributed by atoms with Crippen LogP contribution in [-0.4, -0.2) is 72.0 Å². The van der Waals surface area contributed by atoms with E-state index in [1.54, 1.807) is 0 Å². The second-order valence-electron chi connectivity index (χ2n) is 6.31. The van der Waals surface area contributed by atoms with Crippen LogP contribution in [0.3, 0.4) is 0 Å². The smallest absolute Gasteiger partial charge is 0.224 e. The van der Waals surface area contributed by atoms with Crippen molar-refractivity contribution in [2.45, 2.75) is 44.2 Å². The van der Waals surface area contributed by atoms with Crippen LogP contribution in [0.4, 0.5) is 0 Å². The zero-order valence-corrected chi connectivity index (χ0v) is 13.2. The van der Waals surface area contributed by atoms with Gasteiger partial charge in [0.25, 0.3) is 0 Å². The van der Waals surface area contributed by atoms with E-state index in [1.807, 2.05) is 11.8 Å². The van der Waals surface area contributed by atoms with Gasteiger partial charge in [-0.05, 0) is 32.4 Å². The van der Waals surface area contributed by atoms with Crippen molar-refractivity contribution in [3.8, 4) is 0 Å². The number of likely N-dealkylation sites (tertiary alicyclic amines) is 2. The first kappa shape index (κ1) is 14.7. The molecular formula is C15H27N3OS. The normalized spacial score (nSPS) is 32.5. The van der Waals surface area contributed by atoms with Gasteiger partial charge in [-0.3, -0.25) is 9.69 Å². The lowest BCUT2D eigenvalue weighted by Crippen LogP contribution is -2.44. The number of carbonyl (C=O) groups is 1. The Kier molecular flexibility index (Phi) is 5.24. The topological polar surface area (TPSA) is 35.6 Å². The molecule has 5 heteroatoms. The van der Waals surface area contributed by atoms with Crippen molar-refractivity contribution >= 4 is 17.7 Å². The highest BCUT2D eigenvalue weighted by molar-refractivity contribution is 7.99. The first-order chi connectivity index (χ1) is 9.83. The summed E-state index contributed by atoms with van der Waals surface area (Å²) in [6, 6.07) is 1.03. The maximum Gasteiger partial charge on any atom is 0.224 e. The summed E-state index contributed by atoms with van der Waals surface area (Å²) >= 11 is 1.97. The standard InChI is InChI=1S/C15H27N3OS/c19-15(10-13-12-20-9-5-16-13)18-8-4-14(11-18)17-6-2-1-3-7-17/h13-14,16H,1-12H2. The number of nitrogens with zero attached hydrogens (tertiary/aromatic N) is 2. The molecule has 1 amide bonds. The van der Waals surface area contributed by atoms with E-state index in [4.69, 9.17) is 0 Å². The number of hydrogen-bond acceptors (Lipinski definition) is 4. The number of carbonyl (C=O) groups excluding carboxylic acids is 1. The molecule has 2 unspecified atom stereocenters. The highest BCUT2D eigenvalue weighted by atomic mass is 32.2. The van der Waals surface area contributed by atoms with Gasteiger partial charge in [0, 0.05) is 49.6 Å². The van der Waals surface area contributed by atoms with E-state index in [9.17, 15) is 4.79 Å². The zero-order valence-electron chi connectivity index (χ0n) is 12.4. The summed E-state index contributed by atoms with van der Waals surface area (Å²) in [5.74, 6) is 2.64. The van der Waals surface area contributed by atoms with E-state index in [1.165, 1.54) is 44.5 Å². The highest BCUT2D eigenvalue weighted by Crippen LogP contribution is 2.21. The van der Waals surface area contributed by atoms with Gasteiger partial charge in [0.2, 0.25) is 5.91 Å². The molecule has 114 valence electrons. The minimum Gasteiger partial charge on any atom is -0.341 e. The summed E-state index contributed by atoms with van der Waals surface area (Å²) < 4.78 is 0. The average molecular weight is 297 g/mol. The molecule has 1 N–H and O–H groups in total. The molecule has 3 heterocycles. The summed E-state index contributed by atoms with van der Waals surface area (Å²) in [6.07, 6.45) is 5.94. The van der Waals surface area contributed by atoms with Crippen molar-refractivity contribution in [1.82, 2.24) is 15.1 Å². The lowest BCUT2D eigenvalue weighted by atomic mass is 10.1. The summed E-state index contributed by atoms with van der Waals surface area (Å²) in [5, 5.41) is 3.47. The molecule has 3 fully saturated rings. The average Bonchev–Trinajstić information content (AvgIpc) is 2.99. The van der Waals surface area contributed by atoms with Crippen LogP contribution < -0.4 is 5.32 Å². The third-order valence-corrected chi connectivity index (χ3v) is 5.97. The molecule has 0 radical (unpaired) electrons. The number of nitrogens with one attached hydrogen (secondary N) is 1. The molecule has 0 aromatic heterocycles. The van der Waals surface area contributed by atoms with Crippen LogP contribution in [0.25, 0.3) is 0 Å². The highest BCUT2D eigenvalue weighted by Gasteiger charge is 2.31. The molecule has 3 aliphatic rings. The Bertz CT molecular complexity index is 327. The second-order valence-corrected chi connectivity index (χ2v) is 7.46. The van der Waals surface area contributed by atoms with Gasteiger partial charge < -0.3 is 10.2 Å². The van der Waals surface area contributed by atoms with Crippen molar-refractivity contribution in [2.75, 3.05) is 44.2 Å². The van der Waals surface area contributed by atoms with Crippen LogP contribution in [0.5, 0.6) is 0 Å². The van der Waals surface area contributed by atoms with E-state index in [-0.39, 0.29) is 0 Å². The van der Waals surface area contributed by atoms with Crippen LogP contribution in [0, 0.1) is 0 Å². The van der Waals surface area contributed by atoms with Crippen molar-refractivity contribution in [2.24, 2.45) is 0 Å². The summed E-state index contributed by atoms with van der Waals surface area (Å²) in [4.78, 5) is 17.1. The first-order valence-corrected chi connectivity index (χ1v) is 9.31. The van der Waals surface area contributed by atoms with Crippen LogP contribution in [0.2, 0.25) is 0 Å². The molecule has 20 heavy (non-hydrogen) atoms. The Hall–Kier alpha value is -0.260. The van der Waals surface area contributed by atoms with Gasteiger partial charge in [-0.15, -0.1) is 0 Å². The maximum absolute atomic E-state index is 12.4. The van der Waals surface area contributed by atoms with Gasteiger partial charge >= 0.3 is 0 Å². The molecule has 0 saturated carbocycles. The lowest BCUT2D eigenvalue weighted by molar-refractivity contribution is -0.130. The Balaban J connectivity index is 1.45. The Morgan fingerprint density at radius 2 is 2.05 bits per heavy atom. The van der Waals surface area contributed by atoms with Gasteiger partial charge in [-0.1, -0.05) is 6.42 Å². The molecule has 3 saturated heterocycles. The minimum atomic E-state index is 0.365. The van der Waals surface area contributed by atoms with Gasteiger partial charge in [-0.25, -0.2) is 0 Å². The fraction of sp³-hybridized carbons (Fsp3) is 0.933. The molecule has 4 nitrogen and oxygen atoms in total. The van der Waals surface area contributed by atoms with Gasteiger partial charge in [0.1, 0.15) is 0 Å². The number of hydrogen-bond donors (Lipinski definition) is 1. The first-order valence-electron chi connectivity index (χ1n) is 8.16. The maximum atomic E-state index is 12.4. The predicted molar refractivity (Wildman–Crippen MR) is 84.1 cm³/mol. The SMILES string of the molecule is O=C(CC1CSCCN1)N1CCC(N2CCCCC2)C1.